The van der Waals surface area contributed by atoms with E-state index in [4.69, 9.17) is 4.99 Å². The molecule has 0 aliphatic heterocycles. The number of thiazole rings is 1. The van der Waals surface area contributed by atoms with Crippen LogP contribution in [0.5, 0.6) is 0 Å². The normalized spacial score (nSPS) is 12.1. The first kappa shape index (κ1) is 15.6. The van der Waals surface area contributed by atoms with Crippen molar-refractivity contribution >= 4 is 17.0 Å². The fraction of sp³-hybridized carbons (Fsp3) is 0.222. The molecule has 0 N–H and O–H groups in total. The van der Waals surface area contributed by atoms with Crippen LogP contribution in [0.25, 0.3) is 11.3 Å². The van der Waals surface area contributed by atoms with Gasteiger partial charge in [-0.1, -0.05) is 13.8 Å². The Morgan fingerprint density at radius 1 is 1.22 bits per heavy atom. The lowest BCUT2D eigenvalue weighted by atomic mass is 10.1. The van der Waals surface area contributed by atoms with Crippen molar-refractivity contribution in [3.8, 4) is 11.3 Å². The smallest absolute Gasteiger partial charge is 0.190 e. The van der Waals surface area contributed by atoms with Crippen molar-refractivity contribution in [3.63, 3.8) is 0 Å². The van der Waals surface area contributed by atoms with Gasteiger partial charge in [0.05, 0.1) is 17.6 Å². The van der Waals surface area contributed by atoms with Gasteiger partial charge in [-0.05, 0) is 47.9 Å². The quantitative estimate of drug-likeness (QED) is 0.686. The topological polar surface area (TPSA) is 30.2 Å². The number of benzene rings is 1. The number of pyridine rings is 1. The molecule has 0 amide bonds. The Morgan fingerprint density at radius 2 is 2.00 bits per heavy atom. The van der Waals surface area contributed by atoms with Gasteiger partial charge in [0.25, 0.3) is 0 Å². The van der Waals surface area contributed by atoms with Crippen molar-refractivity contribution < 1.29 is 4.39 Å². The summed E-state index contributed by atoms with van der Waals surface area (Å²) in [6.45, 7) is 5.20. The van der Waals surface area contributed by atoms with Gasteiger partial charge in [0.1, 0.15) is 5.82 Å². The number of rotatable bonds is 4. The van der Waals surface area contributed by atoms with Gasteiger partial charge < -0.3 is 4.57 Å². The van der Waals surface area contributed by atoms with Crippen LogP contribution in [-0.4, -0.2) is 9.55 Å². The van der Waals surface area contributed by atoms with Crippen LogP contribution in [0.4, 0.5) is 10.1 Å². The van der Waals surface area contributed by atoms with E-state index >= 15 is 0 Å². The van der Waals surface area contributed by atoms with Crippen molar-refractivity contribution in [2.75, 3.05) is 0 Å². The highest BCUT2D eigenvalue weighted by Crippen LogP contribution is 2.22. The second-order valence-electron chi connectivity index (χ2n) is 5.74. The molecular weight excluding hydrogens is 309 g/mol. The lowest BCUT2D eigenvalue weighted by molar-refractivity contribution is 0.518. The lowest BCUT2D eigenvalue weighted by Gasteiger charge is -2.11. The fourth-order valence-electron chi connectivity index (χ4n) is 2.34. The molecule has 0 atom stereocenters. The van der Waals surface area contributed by atoms with Gasteiger partial charge in [-0.3, -0.25) is 4.98 Å². The van der Waals surface area contributed by atoms with Crippen LogP contribution in [0.15, 0.2) is 59.2 Å². The summed E-state index contributed by atoms with van der Waals surface area (Å²) in [5, 5.41) is 2.07. The molecule has 3 aromatic rings. The minimum atomic E-state index is -0.223. The molecule has 0 radical (unpaired) electrons. The molecule has 2 heterocycles. The summed E-state index contributed by atoms with van der Waals surface area (Å²) in [4.78, 5) is 9.73. The molecule has 0 spiro atoms. The molecule has 0 saturated heterocycles. The second-order valence-corrected chi connectivity index (χ2v) is 6.57. The van der Waals surface area contributed by atoms with Gasteiger partial charge in [-0.2, -0.15) is 0 Å². The highest BCUT2D eigenvalue weighted by Gasteiger charge is 2.10. The predicted octanol–water partition coefficient (Wildman–Crippen LogP) is 4.64. The SMILES string of the molecule is CC(C)Cn1c(-c2ccc(F)cc2)csc1=Nc1cccnc1. The first-order valence-corrected chi connectivity index (χ1v) is 8.40. The zero-order valence-corrected chi connectivity index (χ0v) is 13.9. The predicted molar refractivity (Wildman–Crippen MR) is 92.0 cm³/mol. The average molecular weight is 327 g/mol. The maximum atomic E-state index is 13.2. The third-order valence-electron chi connectivity index (χ3n) is 3.36. The van der Waals surface area contributed by atoms with Gasteiger partial charge in [0.15, 0.2) is 4.80 Å². The molecule has 0 unspecified atom stereocenters. The van der Waals surface area contributed by atoms with Crippen molar-refractivity contribution in [3.05, 3.63) is 64.8 Å². The molecule has 118 valence electrons. The molecule has 3 rings (SSSR count). The maximum Gasteiger partial charge on any atom is 0.190 e. The van der Waals surface area contributed by atoms with Gasteiger partial charge in [-0.25, -0.2) is 9.38 Å². The zero-order chi connectivity index (χ0) is 16.2. The number of nitrogens with zero attached hydrogens (tertiary/aromatic N) is 3. The summed E-state index contributed by atoms with van der Waals surface area (Å²) < 4.78 is 15.4. The van der Waals surface area contributed by atoms with Crippen molar-refractivity contribution in [2.24, 2.45) is 10.9 Å². The van der Waals surface area contributed by atoms with Gasteiger partial charge in [-0.15, -0.1) is 11.3 Å². The van der Waals surface area contributed by atoms with E-state index in [-0.39, 0.29) is 5.82 Å². The fourth-order valence-corrected chi connectivity index (χ4v) is 3.28. The van der Waals surface area contributed by atoms with Gasteiger partial charge in [0, 0.05) is 18.1 Å². The van der Waals surface area contributed by atoms with Crippen molar-refractivity contribution in [1.82, 2.24) is 9.55 Å². The first-order valence-electron chi connectivity index (χ1n) is 7.52. The van der Waals surface area contributed by atoms with Crippen LogP contribution in [0, 0.1) is 11.7 Å². The van der Waals surface area contributed by atoms with Crippen LogP contribution >= 0.6 is 11.3 Å². The van der Waals surface area contributed by atoms with Crippen LogP contribution in [0.1, 0.15) is 13.8 Å². The van der Waals surface area contributed by atoms with E-state index in [0.29, 0.717) is 5.92 Å². The molecule has 2 aromatic heterocycles. The highest BCUT2D eigenvalue weighted by molar-refractivity contribution is 7.07. The van der Waals surface area contributed by atoms with E-state index in [1.807, 2.05) is 24.3 Å². The molecule has 0 saturated carbocycles. The summed E-state index contributed by atoms with van der Waals surface area (Å²) in [6, 6.07) is 10.4. The van der Waals surface area contributed by atoms with Crippen LogP contribution in [0.2, 0.25) is 0 Å². The molecule has 1 aromatic carbocycles. The Morgan fingerprint density at radius 3 is 2.65 bits per heavy atom. The third kappa shape index (κ3) is 3.74. The summed E-state index contributed by atoms with van der Waals surface area (Å²) >= 11 is 1.59. The minimum absolute atomic E-state index is 0.223. The standard InChI is InChI=1S/C18H18FN3S/c1-13(2)11-22-17(14-5-7-15(19)8-6-14)12-23-18(22)21-16-4-3-9-20-10-16/h3-10,12-13H,11H2,1-2H3. The molecule has 0 bridgehead atoms. The number of hydrogen-bond donors (Lipinski definition) is 0. The van der Waals surface area contributed by atoms with E-state index in [2.05, 4.69) is 28.8 Å². The average Bonchev–Trinajstić information content (AvgIpc) is 2.91. The molecule has 0 aliphatic carbocycles. The van der Waals surface area contributed by atoms with Gasteiger partial charge >= 0.3 is 0 Å². The Hall–Kier alpha value is -2.27. The number of hydrogen-bond acceptors (Lipinski definition) is 3. The minimum Gasteiger partial charge on any atom is -0.316 e. The molecule has 0 aliphatic rings. The van der Waals surface area contributed by atoms with Crippen molar-refractivity contribution in [1.29, 1.82) is 0 Å². The first-order chi connectivity index (χ1) is 11.1. The van der Waals surface area contributed by atoms with E-state index in [9.17, 15) is 4.39 Å². The van der Waals surface area contributed by atoms with E-state index in [1.165, 1.54) is 12.1 Å². The van der Waals surface area contributed by atoms with Crippen LogP contribution in [0.3, 0.4) is 0 Å². The Kier molecular flexibility index (Phi) is 4.67. The molecule has 23 heavy (non-hydrogen) atoms. The lowest BCUT2D eigenvalue weighted by Crippen LogP contribution is -2.18. The molecular formula is C18H18FN3S. The summed E-state index contributed by atoms with van der Waals surface area (Å²) in [6.07, 6.45) is 3.48. The van der Waals surface area contributed by atoms with Crippen LogP contribution in [-0.2, 0) is 6.54 Å². The Labute approximate surface area is 138 Å². The van der Waals surface area contributed by atoms with Crippen LogP contribution < -0.4 is 4.80 Å². The summed E-state index contributed by atoms with van der Waals surface area (Å²) in [5.41, 5.74) is 2.89. The highest BCUT2D eigenvalue weighted by atomic mass is 32.1. The van der Waals surface area contributed by atoms with E-state index in [0.717, 1.165) is 28.3 Å². The van der Waals surface area contributed by atoms with E-state index in [1.54, 1.807) is 23.7 Å². The summed E-state index contributed by atoms with van der Waals surface area (Å²) in [5.74, 6) is 0.260. The number of aromatic nitrogens is 2. The van der Waals surface area contributed by atoms with Gasteiger partial charge in [0.2, 0.25) is 0 Å². The third-order valence-corrected chi connectivity index (χ3v) is 4.22. The van der Waals surface area contributed by atoms with Crippen molar-refractivity contribution in [2.45, 2.75) is 20.4 Å². The molecule has 3 nitrogen and oxygen atoms in total. The molecule has 5 heteroatoms. The summed E-state index contributed by atoms with van der Waals surface area (Å²) in [7, 11) is 0. The zero-order valence-electron chi connectivity index (χ0n) is 13.1. The largest absolute Gasteiger partial charge is 0.316 e. The Bertz CT molecular complexity index is 833. The van der Waals surface area contributed by atoms with E-state index < -0.39 is 0 Å². The molecule has 0 fully saturated rings. The monoisotopic (exact) mass is 327 g/mol. The second kappa shape index (κ2) is 6.87. The number of halogens is 1. The maximum absolute atomic E-state index is 13.2. The Balaban J connectivity index is 2.11.